The molecule has 2 aromatic carbocycles. The van der Waals surface area contributed by atoms with E-state index in [4.69, 9.17) is 9.47 Å². The minimum atomic E-state index is -4.65. The maximum Gasteiger partial charge on any atom is 0.417 e. The molecule has 0 bridgehead atoms. The molecule has 4 nitrogen and oxygen atoms in total. The molecular weight excluding hydrogens is 385 g/mol. The topological polar surface area (TPSA) is 55.8 Å². The van der Waals surface area contributed by atoms with Crippen molar-refractivity contribution in [3.05, 3.63) is 53.1 Å². The van der Waals surface area contributed by atoms with E-state index in [-0.39, 0.29) is 11.1 Å². The second-order valence-corrected chi connectivity index (χ2v) is 7.99. The van der Waals surface area contributed by atoms with Crippen LogP contribution in [-0.2, 0) is 22.1 Å². The third-order valence-corrected chi connectivity index (χ3v) is 4.58. The number of carbonyl (C=O) groups is 1. The Morgan fingerprint density at radius 2 is 1.90 bits per heavy atom. The Morgan fingerprint density at radius 3 is 2.52 bits per heavy atom. The number of ether oxygens (including phenoxy) is 2. The van der Waals surface area contributed by atoms with Crippen molar-refractivity contribution >= 4 is 5.97 Å². The summed E-state index contributed by atoms with van der Waals surface area (Å²) in [5.41, 5.74) is -0.862. The van der Waals surface area contributed by atoms with Crippen molar-refractivity contribution in [3.63, 3.8) is 0 Å². The minimum absolute atomic E-state index is 0.0288. The quantitative estimate of drug-likeness (QED) is 0.712. The number of fused-ring (bicyclic) bond motifs is 1. The van der Waals surface area contributed by atoms with Crippen LogP contribution in [0, 0.1) is 0 Å². The van der Waals surface area contributed by atoms with Gasteiger partial charge in [-0.05, 0) is 62.9 Å². The molecule has 0 saturated heterocycles. The molecule has 0 radical (unpaired) electrons. The summed E-state index contributed by atoms with van der Waals surface area (Å²) in [7, 11) is 0. The molecule has 1 aliphatic rings. The molecular formula is C22H23F3O4. The van der Waals surface area contributed by atoms with Gasteiger partial charge in [-0.1, -0.05) is 18.2 Å². The smallest absolute Gasteiger partial charge is 0.417 e. The van der Waals surface area contributed by atoms with Gasteiger partial charge in [-0.3, -0.25) is 0 Å². The first kappa shape index (κ1) is 21.2. The van der Waals surface area contributed by atoms with E-state index in [0.717, 1.165) is 18.1 Å². The fourth-order valence-corrected chi connectivity index (χ4v) is 3.46. The molecule has 0 saturated carbocycles. The van der Waals surface area contributed by atoms with Gasteiger partial charge in [0.25, 0.3) is 0 Å². The van der Waals surface area contributed by atoms with E-state index in [9.17, 15) is 23.1 Å². The van der Waals surface area contributed by atoms with Gasteiger partial charge in [0.15, 0.2) is 6.10 Å². The predicted octanol–water partition coefficient (Wildman–Crippen LogP) is 5.64. The van der Waals surface area contributed by atoms with E-state index in [1.165, 1.54) is 18.2 Å². The lowest BCUT2D eigenvalue weighted by Gasteiger charge is -2.28. The summed E-state index contributed by atoms with van der Waals surface area (Å²) in [5, 5.41) is 9.72. The van der Waals surface area contributed by atoms with E-state index in [1.54, 1.807) is 32.9 Å². The fraction of sp³-hybridized carbons (Fsp3) is 0.409. The van der Waals surface area contributed by atoms with Gasteiger partial charge in [0.05, 0.1) is 17.8 Å². The molecule has 1 N–H and O–H groups in total. The Bertz CT molecular complexity index is 913. The number of hydrogen-bond donors (Lipinski definition) is 1. The highest BCUT2D eigenvalue weighted by Crippen LogP contribution is 2.43. The van der Waals surface area contributed by atoms with Crippen LogP contribution in [0.2, 0.25) is 0 Å². The number of benzene rings is 2. The molecule has 0 aromatic heterocycles. The average Bonchev–Trinajstić information content (AvgIpc) is 2.63. The Labute approximate surface area is 167 Å². The number of hydrogen-bond acceptors (Lipinski definition) is 3. The summed E-state index contributed by atoms with van der Waals surface area (Å²) in [4.78, 5) is 11.9. The van der Waals surface area contributed by atoms with Gasteiger partial charge in [-0.25, -0.2) is 4.79 Å². The summed E-state index contributed by atoms with van der Waals surface area (Å²) >= 11 is 0. The van der Waals surface area contributed by atoms with E-state index in [1.807, 2.05) is 0 Å². The van der Waals surface area contributed by atoms with Crippen LogP contribution < -0.4 is 4.74 Å². The molecule has 0 fully saturated rings. The molecule has 0 aliphatic carbocycles. The SMILES string of the molecule is CC(C)(C)OC(C(=O)O)c1cccc(C(F)(F)F)c1-c1ccc2c(c1)CCCO2. The van der Waals surface area contributed by atoms with Gasteiger partial charge in [-0.2, -0.15) is 13.2 Å². The first-order valence-electron chi connectivity index (χ1n) is 9.34. The largest absolute Gasteiger partial charge is 0.493 e. The monoisotopic (exact) mass is 408 g/mol. The molecule has 29 heavy (non-hydrogen) atoms. The highest BCUT2D eigenvalue weighted by Gasteiger charge is 2.38. The number of alkyl halides is 3. The molecule has 156 valence electrons. The van der Waals surface area contributed by atoms with Crippen molar-refractivity contribution in [1.29, 1.82) is 0 Å². The lowest BCUT2D eigenvalue weighted by Crippen LogP contribution is -2.28. The molecule has 1 atom stereocenters. The Balaban J connectivity index is 2.24. The Hall–Kier alpha value is -2.54. The second kappa shape index (κ2) is 7.71. The summed E-state index contributed by atoms with van der Waals surface area (Å²) in [5.74, 6) is -0.700. The molecule has 1 unspecified atom stereocenters. The first-order valence-corrected chi connectivity index (χ1v) is 9.34. The zero-order chi connectivity index (χ0) is 21.4. The zero-order valence-corrected chi connectivity index (χ0v) is 16.5. The van der Waals surface area contributed by atoms with Gasteiger partial charge in [0.1, 0.15) is 5.75 Å². The van der Waals surface area contributed by atoms with E-state index in [2.05, 4.69) is 0 Å². The number of carboxylic acids is 1. The maximum absolute atomic E-state index is 13.8. The summed E-state index contributed by atoms with van der Waals surface area (Å²) in [6, 6.07) is 8.38. The van der Waals surface area contributed by atoms with Gasteiger partial charge < -0.3 is 14.6 Å². The van der Waals surface area contributed by atoms with Crippen molar-refractivity contribution in [2.75, 3.05) is 6.61 Å². The number of aliphatic carboxylic acids is 1. The second-order valence-electron chi connectivity index (χ2n) is 7.99. The van der Waals surface area contributed by atoms with Crippen molar-refractivity contribution in [2.45, 2.75) is 51.5 Å². The Kier molecular flexibility index (Phi) is 5.63. The third kappa shape index (κ3) is 4.72. The van der Waals surface area contributed by atoms with Crippen molar-refractivity contribution in [3.8, 4) is 16.9 Å². The molecule has 3 rings (SSSR count). The van der Waals surface area contributed by atoms with Crippen LogP contribution in [0.25, 0.3) is 11.1 Å². The molecule has 7 heteroatoms. The Morgan fingerprint density at radius 1 is 1.17 bits per heavy atom. The van der Waals surface area contributed by atoms with Crippen LogP contribution >= 0.6 is 0 Å². The lowest BCUT2D eigenvalue weighted by atomic mass is 9.89. The standard InChI is InChI=1S/C22H23F3O4/c1-21(2,3)29-19(20(26)27)15-7-4-8-16(22(23,24)25)18(15)14-9-10-17-13(12-14)6-5-11-28-17/h4,7-10,12,19H,5-6,11H2,1-3H3,(H,26,27). The van der Waals surface area contributed by atoms with E-state index >= 15 is 0 Å². The minimum Gasteiger partial charge on any atom is -0.493 e. The number of carboxylic acid groups (broad SMARTS) is 1. The predicted molar refractivity (Wildman–Crippen MR) is 102 cm³/mol. The van der Waals surface area contributed by atoms with Crippen LogP contribution in [0.4, 0.5) is 13.2 Å². The van der Waals surface area contributed by atoms with E-state index in [0.29, 0.717) is 24.3 Å². The summed E-state index contributed by atoms with van der Waals surface area (Å²) in [6.45, 7) is 5.54. The summed E-state index contributed by atoms with van der Waals surface area (Å²) in [6.07, 6.45) is -4.73. The van der Waals surface area contributed by atoms with Crippen LogP contribution in [0.5, 0.6) is 5.75 Å². The molecule has 0 amide bonds. The van der Waals surface area contributed by atoms with Gasteiger partial charge in [0, 0.05) is 11.1 Å². The maximum atomic E-state index is 13.8. The number of rotatable bonds is 4. The first-order chi connectivity index (χ1) is 13.5. The number of halogens is 3. The zero-order valence-electron chi connectivity index (χ0n) is 16.5. The molecule has 1 heterocycles. The van der Waals surface area contributed by atoms with Crippen molar-refractivity contribution < 1.29 is 32.5 Å². The summed E-state index contributed by atoms with van der Waals surface area (Å²) < 4.78 is 52.7. The molecule has 2 aromatic rings. The van der Waals surface area contributed by atoms with Crippen LogP contribution in [0.3, 0.4) is 0 Å². The van der Waals surface area contributed by atoms with Gasteiger partial charge in [0.2, 0.25) is 0 Å². The van der Waals surface area contributed by atoms with Gasteiger partial charge >= 0.3 is 12.1 Å². The highest BCUT2D eigenvalue weighted by molar-refractivity contribution is 5.82. The normalized spacial score (nSPS) is 15.4. The fourth-order valence-electron chi connectivity index (χ4n) is 3.46. The van der Waals surface area contributed by atoms with Crippen LogP contribution in [0.15, 0.2) is 36.4 Å². The van der Waals surface area contributed by atoms with Crippen LogP contribution in [-0.4, -0.2) is 23.3 Å². The average molecular weight is 408 g/mol. The third-order valence-electron chi connectivity index (χ3n) is 4.58. The van der Waals surface area contributed by atoms with Crippen molar-refractivity contribution in [2.24, 2.45) is 0 Å². The van der Waals surface area contributed by atoms with Crippen molar-refractivity contribution in [1.82, 2.24) is 0 Å². The molecule has 0 spiro atoms. The van der Waals surface area contributed by atoms with Gasteiger partial charge in [-0.15, -0.1) is 0 Å². The molecule has 1 aliphatic heterocycles. The van der Waals surface area contributed by atoms with E-state index < -0.39 is 29.4 Å². The number of aryl methyl sites for hydroxylation is 1. The lowest BCUT2D eigenvalue weighted by molar-refractivity contribution is -0.160. The highest BCUT2D eigenvalue weighted by atomic mass is 19.4. The van der Waals surface area contributed by atoms with Crippen LogP contribution in [0.1, 0.15) is 50.0 Å².